The highest BCUT2D eigenvalue weighted by Crippen LogP contribution is 2.30. The molecular formula is C22H28N2O2S. The number of benzene rings is 2. The highest BCUT2D eigenvalue weighted by atomic mass is 32.2. The van der Waals surface area contributed by atoms with Gasteiger partial charge in [0.05, 0.1) is 5.69 Å². The van der Waals surface area contributed by atoms with Crippen LogP contribution in [0.4, 0.5) is 5.69 Å². The van der Waals surface area contributed by atoms with Gasteiger partial charge in [-0.1, -0.05) is 42.0 Å². The molecule has 0 aliphatic rings. The third kappa shape index (κ3) is 5.86. The molecular weight excluding hydrogens is 356 g/mol. The maximum atomic E-state index is 12.6. The first-order valence-corrected chi connectivity index (χ1v) is 10.2. The molecule has 0 spiro atoms. The molecule has 1 N–H and O–H groups in total. The van der Waals surface area contributed by atoms with Crippen molar-refractivity contribution in [1.82, 2.24) is 4.90 Å². The number of thioether (sulfide) groups is 1. The molecule has 0 radical (unpaired) electrons. The van der Waals surface area contributed by atoms with Crippen molar-refractivity contribution in [1.29, 1.82) is 0 Å². The van der Waals surface area contributed by atoms with Gasteiger partial charge in [-0.3, -0.25) is 9.59 Å². The highest BCUT2D eigenvalue weighted by Gasteiger charge is 2.26. The predicted octanol–water partition coefficient (Wildman–Crippen LogP) is 4.87. The van der Waals surface area contributed by atoms with Gasteiger partial charge in [-0.25, -0.2) is 0 Å². The third-order valence-corrected chi connectivity index (χ3v) is 5.34. The monoisotopic (exact) mass is 384 g/mol. The Hall–Kier alpha value is -2.27. The Morgan fingerprint density at radius 3 is 2.15 bits per heavy atom. The minimum absolute atomic E-state index is 0.0330. The van der Waals surface area contributed by atoms with Crippen LogP contribution in [0.15, 0.2) is 53.4 Å². The first-order valence-electron chi connectivity index (χ1n) is 9.20. The summed E-state index contributed by atoms with van der Waals surface area (Å²) in [5.41, 5.74) is 3.11. The molecule has 0 unspecified atom stereocenters. The van der Waals surface area contributed by atoms with E-state index in [2.05, 4.69) is 36.5 Å². The van der Waals surface area contributed by atoms with Gasteiger partial charge in [0.2, 0.25) is 0 Å². The van der Waals surface area contributed by atoms with Crippen LogP contribution in [-0.2, 0) is 15.3 Å². The van der Waals surface area contributed by atoms with E-state index in [1.165, 1.54) is 11.1 Å². The number of anilines is 1. The van der Waals surface area contributed by atoms with Crippen molar-refractivity contribution in [2.24, 2.45) is 0 Å². The van der Waals surface area contributed by atoms with E-state index in [9.17, 15) is 9.59 Å². The molecule has 0 aromatic heterocycles. The fourth-order valence-corrected chi connectivity index (χ4v) is 3.86. The van der Waals surface area contributed by atoms with E-state index < -0.39 is 11.8 Å². The topological polar surface area (TPSA) is 49.4 Å². The molecule has 0 aliphatic heterocycles. The molecule has 2 aromatic rings. The standard InChI is InChI=1S/C22H28N2O2S/c1-15(2)24(16(3)4)22(26)21(25)23-19-8-6-7-9-20(19)27-14-18-12-10-17(5)11-13-18/h6-13,15-16H,14H2,1-5H3,(H,23,25). The van der Waals surface area contributed by atoms with E-state index in [0.717, 1.165) is 10.6 Å². The second kappa shape index (κ2) is 9.60. The van der Waals surface area contributed by atoms with Crippen LogP contribution in [-0.4, -0.2) is 28.8 Å². The summed E-state index contributed by atoms with van der Waals surface area (Å²) in [5.74, 6) is -0.301. The van der Waals surface area contributed by atoms with Crippen molar-refractivity contribution in [2.75, 3.05) is 5.32 Å². The number of carbonyl (C=O) groups is 2. The summed E-state index contributed by atoms with van der Waals surface area (Å²) < 4.78 is 0. The van der Waals surface area contributed by atoms with Gasteiger partial charge in [-0.15, -0.1) is 11.8 Å². The molecule has 0 heterocycles. The molecule has 144 valence electrons. The average Bonchev–Trinajstić information content (AvgIpc) is 2.61. The van der Waals surface area contributed by atoms with Crippen molar-refractivity contribution in [3.63, 3.8) is 0 Å². The summed E-state index contributed by atoms with van der Waals surface area (Å²) in [7, 11) is 0. The van der Waals surface area contributed by atoms with Gasteiger partial charge in [0.1, 0.15) is 0 Å². The molecule has 2 aromatic carbocycles. The third-order valence-electron chi connectivity index (χ3n) is 4.19. The van der Waals surface area contributed by atoms with Crippen molar-refractivity contribution in [3.05, 3.63) is 59.7 Å². The van der Waals surface area contributed by atoms with Crippen LogP contribution in [0.3, 0.4) is 0 Å². The number of hydrogen-bond acceptors (Lipinski definition) is 3. The fraction of sp³-hybridized carbons (Fsp3) is 0.364. The first-order chi connectivity index (χ1) is 12.8. The van der Waals surface area contributed by atoms with Crippen LogP contribution >= 0.6 is 11.8 Å². The van der Waals surface area contributed by atoms with Crippen molar-refractivity contribution in [2.45, 2.75) is 57.4 Å². The van der Waals surface area contributed by atoms with Crippen LogP contribution in [0.1, 0.15) is 38.8 Å². The molecule has 5 heteroatoms. The van der Waals surface area contributed by atoms with Gasteiger partial charge in [0.25, 0.3) is 0 Å². The van der Waals surface area contributed by atoms with Gasteiger partial charge in [-0.2, -0.15) is 0 Å². The van der Waals surface area contributed by atoms with E-state index in [1.54, 1.807) is 16.7 Å². The van der Waals surface area contributed by atoms with Gasteiger partial charge < -0.3 is 10.2 Å². The number of aryl methyl sites for hydroxylation is 1. The molecule has 0 fully saturated rings. The number of carbonyl (C=O) groups excluding carboxylic acids is 2. The molecule has 27 heavy (non-hydrogen) atoms. The SMILES string of the molecule is Cc1ccc(CSc2ccccc2NC(=O)C(=O)N(C(C)C)C(C)C)cc1. The van der Waals surface area contributed by atoms with Crippen LogP contribution in [0.5, 0.6) is 0 Å². The van der Waals surface area contributed by atoms with Gasteiger partial charge in [0, 0.05) is 22.7 Å². The van der Waals surface area contributed by atoms with E-state index in [4.69, 9.17) is 0 Å². The minimum atomic E-state index is -0.596. The second-order valence-corrected chi connectivity index (χ2v) is 8.14. The fourth-order valence-electron chi connectivity index (χ4n) is 2.90. The Morgan fingerprint density at radius 2 is 1.56 bits per heavy atom. The molecule has 2 amide bonds. The molecule has 0 saturated heterocycles. The summed E-state index contributed by atoms with van der Waals surface area (Å²) in [5, 5.41) is 2.79. The van der Waals surface area contributed by atoms with E-state index in [-0.39, 0.29) is 12.1 Å². The lowest BCUT2D eigenvalue weighted by molar-refractivity contribution is -0.145. The quantitative estimate of drug-likeness (QED) is 0.571. The Morgan fingerprint density at radius 1 is 0.963 bits per heavy atom. The lowest BCUT2D eigenvalue weighted by atomic mass is 10.2. The van der Waals surface area contributed by atoms with Crippen LogP contribution in [0.25, 0.3) is 0 Å². The lowest BCUT2D eigenvalue weighted by Crippen LogP contribution is -2.47. The van der Waals surface area contributed by atoms with Gasteiger partial charge in [0.15, 0.2) is 0 Å². The normalized spacial score (nSPS) is 10.9. The average molecular weight is 385 g/mol. The number of nitrogens with one attached hydrogen (secondary N) is 1. The maximum Gasteiger partial charge on any atom is 0.313 e. The number of rotatable bonds is 6. The molecule has 0 bridgehead atoms. The van der Waals surface area contributed by atoms with Crippen LogP contribution < -0.4 is 5.32 Å². The number of para-hydroxylation sites is 1. The summed E-state index contributed by atoms with van der Waals surface area (Å²) in [4.78, 5) is 27.6. The summed E-state index contributed by atoms with van der Waals surface area (Å²) in [6.45, 7) is 9.72. The zero-order chi connectivity index (χ0) is 20.0. The summed E-state index contributed by atoms with van der Waals surface area (Å²) in [6, 6.07) is 15.9. The largest absolute Gasteiger partial charge is 0.330 e. The Bertz CT molecular complexity index is 777. The van der Waals surface area contributed by atoms with Crippen molar-refractivity contribution >= 4 is 29.3 Å². The molecule has 0 saturated carbocycles. The van der Waals surface area contributed by atoms with E-state index in [1.807, 2.05) is 52.0 Å². The molecule has 0 aliphatic carbocycles. The summed E-state index contributed by atoms with van der Waals surface area (Å²) >= 11 is 1.64. The first kappa shape index (κ1) is 21.0. The number of hydrogen-bond donors (Lipinski definition) is 1. The highest BCUT2D eigenvalue weighted by molar-refractivity contribution is 7.98. The van der Waals surface area contributed by atoms with E-state index in [0.29, 0.717) is 5.69 Å². The molecule has 0 atom stereocenters. The lowest BCUT2D eigenvalue weighted by Gasteiger charge is -2.30. The van der Waals surface area contributed by atoms with E-state index >= 15 is 0 Å². The van der Waals surface area contributed by atoms with Gasteiger partial charge in [-0.05, 0) is 52.3 Å². The maximum absolute atomic E-state index is 12.6. The van der Waals surface area contributed by atoms with Crippen molar-refractivity contribution < 1.29 is 9.59 Å². The predicted molar refractivity (Wildman–Crippen MR) is 113 cm³/mol. The number of amides is 2. The minimum Gasteiger partial charge on any atom is -0.330 e. The van der Waals surface area contributed by atoms with Crippen LogP contribution in [0.2, 0.25) is 0 Å². The molecule has 4 nitrogen and oxygen atoms in total. The Labute approximate surface area is 166 Å². The summed E-state index contributed by atoms with van der Waals surface area (Å²) in [6.07, 6.45) is 0. The number of nitrogens with zero attached hydrogens (tertiary/aromatic N) is 1. The van der Waals surface area contributed by atoms with Gasteiger partial charge >= 0.3 is 11.8 Å². The Balaban J connectivity index is 2.09. The second-order valence-electron chi connectivity index (χ2n) is 7.12. The smallest absolute Gasteiger partial charge is 0.313 e. The van der Waals surface area contributed by atoms with Crippen LogP contribution in [0, 0.1) is 6.92 Å². The zero-order valence-electron chi connectivity index (χ0n) is 16.7. The van der Waals surface area contributed by atoms with Crippen molar-refractivity contribution in [3.8, 4) is 0 Å². The molecule has 2 rings (SSSR count). The zero-order valence-corrected chi connectivity index (χ0v) is 17.5. The Kier molecular flexibility index (Phi) is 7.48.